The van der Waals surface area contributed by atoms with Crippen molar-refractivity contribution in [2.45, 2.75) is 59.0 Å². The van der Waals surface area contributed by atoms with Crippen molar-refractivity contribution in [2.75, 3.05) is 0 Å². The summed E-state index contributed by atoms with van der Waals surface area (Å²) in [7, 11) is 0. The van der Waals surface area contributed by atoms with Gasteiger partial charge in [-0.3, -0.25) is 0 Å². The van der Waals surface area contributed by atoms with Crippen LogP contribution in [0.25, 0.3) is 0 Å². The third-order valence-electron chi connectivity index (χ3n) is 1.40. The highest BCUT2D eigenvalue weighted by molar-refractivity contribution is 4.74. The highest BCUT2D eigenvalue weighted by atomic mass is 15.0. The number of hydrogen-bond donors (Lipinski definition) is 1. The van der Waals surface area contributed by atoms with Crippen LogP contribution in [-0.4, -0.2) is 11.6 Å². The molecule has 1 N–H and O–H groups in total. The van der Waals surface area contributed by atoms with Gasteiger partial charge in [-0.15, -0.1) is 0 Å². The van der Waals surface area contributed by atoms with Gasteiger partial charge in [0.2, 0.25) is 0 Å². The molecule has 0 bridgehead atoms. The molecule has 0 rings (SSSR count). The van der Waals surface area contributed by atoms with Crippen LogP contribution < -0.4 is 5.32 Å². The molecule has 0 aliphatic rings. The molecule has 0 aromatic rings. The average Bonchev–Trinajstić information content (AvgIpc) is 1.59. The Morgan fingerprint density at radius 3 is 2.10 bits per heavy atom. The monoisotopic (exact) mass is 143 g/mol. The van der Waals surface area contributed by atoms with Gasteiger partial charge in [0, 0.05) is 11.6 Å². The van der Waals surface area contributed by atoms with E-state index in [-0.39, 0.29) is 5.54 Å². The smallest absolute Gasteiger partial charge is 0.00989 e. The maximum absolute atomic E-state index is 3.52. The summed E-state index contributed by atoms with van der Waals surface area (Å²) in [5.74, 6) is 0. The summed E-state index contributed by atoms with van der Waals surface area (Å²) in [5, 5.41) is 3.52. The van der Waals surface area contributed by atoms with Gasteiger partial charge in [-0.1, -0.05) is 13.3 Å². The second-order valence-corrected chi connectivity index (χ2v) is 4.08. The van der Waals surface area contributed by atoms with Crippen molar-refractivity contribution in [3.05, 3.63) is 0 Å². The Morgan fingerprint density at radius 1 is 1.30 bits per heavy atom. The van der Waals surface area contributed by atoms with E-state index in [1.165, 1.54) is 12.8 Å². The van der Waals surface area contributed by atoms with Crippen molar-refractivity contribution in [2.24, 2.45) is 0 Å². The molecule has 1 heteroatoms. The molecule has 0 aliphatic carbocycles. The summed E-state index contributed by atoms with van der Waals surface area (Å²) in [6.07, 6.45) is 2.54. The molecule has 62 valence electrons. The van der Waals surface area contributed by atoms with Gasteiger partial charge < -0.3 is 5.32 Å². The third-order valence-corrected chi connectivity index (χ3v) is 1.40. The molecule has 10 heavy (non-hydrogen) atoms. The Hall–Kier alpha value is -0.0400. The largest absolute Gasteiger partial charge is 0.310 e. The van der Waals surface area contributed by atoms with Crippen molar-refractivity contribution in [1.82, 2.24) is 5.32 Å². The van der Waals surface area contributed by atoms with Crippen molar-refractivity contribution in [3.8, 4) is 0 Å². The van der Waals surface area contributed by atoms with E-state index in [9.17, 15) is 0 Å². The lowest BCUT2D eigenvalue weighted by Crippen LogP contribution is -2.41. The summed E-state index contributed by atoms with van der Waals surface area (Å²) in [6.45, 7) is 11.1. The van der Waals surface area contributed by atoms with E-state index in [4.69, 9.17) is 0 Å². The molecule has 0 radical (unpaired) electrons. The predicted molar refractivity (Wildman–Crippen MR) is 47.3 cm³/mol. The minimum atomic E-state index is 0.272. The van der Waals surface area contributed by atoms with E-state index in [0.29, 0.717) is 6.04 Å². The van der Waals surface area contributed by atoms with E-state index < -0.39 is 0 Å². The van der Waals surface area contributed by atoms with Crippen molar-refractivity contribution in [3.63, 3.8) is 0 Å². The molecule has 0 aromatic carbocycles. The van der Waals surface area contributed by atoms with Gasteiger partial charge in [-0.2, -0.15) is 0 Å². The van der Waals surface area contributed by atoms with Crippen LogP contribution in [0.3, 0.4) is 0 Å². The molecule has 0 spiro atoms. The normalized spacial score (nSPS) is 15.3. The number of rotatable bonds is 3. The maximum Gasteiger partial charge on any atom is 0.00989 e. The zero-order valence-corrected chi connectivity index (χ0v) is 7.99. The van der Waals surface area contributed by atoms with Gasteiger partial charge in [0.25, 0.3) is 0 Å². The lowest BCUT2D eigenvalue weighted by atomic mass is 10.1. The van der Waals surface area contributed by atoms with Gasteiger partial charge in [0.1, 0.15) is 0 Å². The first-order valence-corrected chi connectivity index (χ1v) is 4.23. The predicted octanol–water partition coefficient (Wildman–Crippen LogP) is 2.56. The molecule has 0 aromatic heterocycles. The molecule has 0 saturated heterocycles. The van der Waals surface area contributed by atoms with Crippen LogP contribution >= 0.6 is 0 Å². The van der Waals surface area contributed by atoms with Crippen molar-refractivity contribution < 1.29 is 0 Å². The first-order valence-electron chi connectivity index (χ1n) is 4.23. The van der Waals surface area contributed by atoms with Crippen LogP contribution in [0.4, 0.5) is 0 Å². The summed E-state index contributed by atoms with van der Waals surface area (Å²) in [4.78, 5) is 0. The average molecular weight is 143 g/mol. The summed E-state index contributed by atoms with van der Waals surface area (Å²) >= 11 is 0. The Balaban J connectivity index is 3.47. The molecule has 0 saturated carbocycles. The van der Waals surface area contributed by atoms with Crippen LogP contribution in [0, 0.1) is 0 Å². The van der Waals surface area contributed by atoms with Crippen LogP contribution in [0.2, 0.25) is 0 Å². The van der Waals surface area contributed by atoms with Crippen molar-refractivity contribution in [1.29, 1.82) is 0 Å². The zero-order valence-electron chi connectivity index (χ0n) is 7.99. The Labute approximate surface area is 65.2 Å². The molecule has 1 atom stereocenters. The van der Waals surface area contributed by atoms with Gasteiger partial charge in [0.15, 0.2) is 0 Å². The SMILES string of the molecule is CCCC(C)NC(C)(C)C. The van der Waals surface area contributed by atoms with Crippen LogP contribution in [-0.2, 0) is 0 Å². The zero-order chi connectivity index (χ0) is 8.20. The quantitative estimate of drug-likeness (QED) is 0.640. The maximum atomic E-state index is 3.52. The highest BCUT2D eigenvalue weighted by Crippen LogP contribution is 2.04. The van der Waals surface area contributed by atoms with E-state index in [0.717, 1.165) is 0 Å². The second-order valence-electron chi connectivity index (χ2n) is 4.08. The molecular formula is C9H21N. The van der Waals surface area contributed by atoms with E-state index in [1.807, 2.05) is 0 Å². The minimum absolute atomic E-state index is 0.272. The standard InChI is InChI=1S/C9H21N/c1-6-7-8(2)10-9(3,4)5/h8,10H,6-7H2,1-5H3. The number of hydrogen-bond acceptors (Lipinski definition) is 1. The number of nitrogens with one attached hydrogen (secondary N) is 1. The fourth-order valence-corrected chi connectivity index (χ4v) is 1.24. The first kappa shape index (κ1) is 9.96. The van der Waals surface area contributed by atoms with Crippen LogP contribution in [0.5, 0.6) is 0 Å². The molecule has 1 unspecified atom stereocenters. The molecule has 0 amide bonds. The second kappa shape index (κ2) is 3.97. The summed E-state index contributed by atoms with van der Waals surface area (Å²) < 4.78 is 0. The van der Waals surface area contributed by atoms with E-state index >= 15 is 0 Å². The summed E-state index contributed by atoms with van der Waals surface area (Å²) in [5.41, 5.74) is 0.272. The first-order chi connectivity index (χ1) is 4.45. The van der Waals surface area contributed by atoms with Crippen molar-refractivity contribution >= 4 is 0 Å². The molecular weight excluding hydrogens is 122 g/mol. The summed E-state index contributed by atoms with van der Waals surface area (Å²) in [6, 6.07) is 0.657. The molecule has 0 fully saturated rings. The highest BCUT2D eigenvalue weighted by Gasteiger charge is 2.11. The molecule has 1 nitrogen and oxygen atoms in total. The lowest BCUT2D eigenvalue weighted by molar-refractivity contribution is 0.359. The van der Waals surface area contributed by atoms with Gasteiger partial charge in [-0.05, 0) is 34.1 Å². The Kier molecular flexibility index (Phi) is 3.95. The van der Waals surface area contributed by atoms with Crippen LogP contribution in [0.1, 0.15) is 47.5 Å². The van der Waals surface area contributed by atoms with E-state index in [1.54, 1.807) is 0 Å². The molecule has 0 aliphatic heterocycles. The molecule has 0 heterocycles. The van der Waals surface area contributed by atoms with Gasteiger partial charge >= 0.3 is 0 Å². The fourth-order valence-electron chi connectivity index (χ4n) is 1.24. The Morgan fingerprint density at radius 2 is 1.80 bits per heavy atom. The topological polar surface area (TPSA) is 12.0 Å². The fraction of sp³-hybridized carbons (Fsp3) is 1.00. The minimum Gasteiger partial charge on any atom is -0.310 e. The van der Waals surface area contributed by atoms with Gasteiger partial charge in [0.05, 0.1) is 0 Å². The third kappa shape index (κ3) is 6.09. The Bertz CT molecular complexity index is 81.2. The lowest BCUT2D eigenvalue weighted by Gasteiger charge is -2.25. The van der Waals surface area contributed by atoms with E-state index in [2.05, 4.69) is 39.9 Å². The van der Waals surface area contributed by atoms with Crippen LogP contribution in [0.15, 0.2) is 0 Å². The van der Waals surface area contributed by atoms with Gasteiger partial charge in [-0.25, -0.2) is 0 Å².